The second-order valence-electron chi connectivity index (χ2n) is 7.37. The van der Waals surface area contributed by atoms with Crippen molar-refractivity contribution in [3.05, 3.63) is 23.8 Å². The van der Waals surface area contributed by atoms with Crippen molar-refractivity contribution < 1.29 is 19.1 Å². The first-order chi connectivity index (χ1) is 13.6. The largest absolute Gasteiger partial charge is 0.423 e. The number of hydrogen-bond acceptors (Lipinski definition) is 4. The van der Waals surface area contributed by atoms with Crippen molar-refractivity contribution in [1.29, 1.82) is 0 Å². The zero-order valence-corrected chi connectivity index (χ0v) is 18.1. The first-order valence-corrected chi connectivity index (χ1v) is 11.2. The number of aryl methyl sites for hydroxylation is 1. The molecule has 0 fully saturated rings. The highest BCUT2D eigenvalue weighted by molar-refractivity contribution is 5.76. The van der Waals surface area contributed by atoms with Gasteiger partial charge in [0, 0.05) is 12.8 Å². The van der Waals surface area contributed by atoms with Gasteiger partial charge in [-0.25, -0.2) is 0 Å². The van der Waals surface area contributed by atoms with E-state index in [-0.39, 0.29) is 11.9 Å². The monoisotopic (exact) mass is 390 g/mol. The molecule has 0 saturated carbocycles. The fourth-order valence-electron chi connectivity index (χ4n) is 3.12. The molecule has 1 aromatic rings. The zero-order valence-electron chi connectivity index (χ0n) is 18.1. The summed E-state index contributed by atoms with van der Waals surface area (Å²) in [6.45, 7) is 6.34. The van der Waals surface area contributed by atoms with E-state index in [1.807, 2.05) is 19.1 Å². The van der Waals surface area contributed by atoms with Gasteiger partial charge in [-0.2, -0.15) is 0 Å². The number of carbonyl (C=O) groups is 2. The normalized spacial score (nSPS) is 10.7. The van der Waals surface area contributed by atoms with Gasteiger partial charge in [-0.05, 0) is 30.9 Å². The Balaban J connectivity index is 2.59. The summed E-state index contributed by atoms with van der Waals surface area (Å²) in [5, 5.41) is 0. The molecule has 0 radical (unpaired) electrons. The Morgan fingerprint density at radius 2 is 1.25 bits per heavy atom. The molecule has 0 saturated heterocycles. The molecular formula is C24H38O4. The number of esters is 2. The first kappa shape index (κ1) is 24.2. The molecular weight excluding hydrogens is 352 g/mol. The Kier molecular flexibility index (Phi) is 13.1. The standard InChI is InChI=1S/C24H38O4/c1-4-7-9-11-13-18-22(25)27-21-17-15-16-20(6-3)24(21)28-23(26)19-14-12-10-8-5-2/h15-17H,4-14,18-19H2,1-3H3. The van der Waals surface area contributed by atoms with E-state index in [0.29, 0.717) is 30.8 Å². The highest BCUT2D eigenvalue weighted by Crippen LogP contribution is 2.32. The van der Waals surface area contributed by atoms with Crippen LogP contribution >= 0.6 is 0 Å². The smallest absolute Gasteiger partial charge is 0.311 e. The van der Waals surface area contributed by atoms with E-state index < -0.39 is 0 Å². The van der Waals surface area contributed by atoms with Crippen LogP contribution in [-0.2, 0) is 16.0 Å². The third-order valence-corrected chi connectivity index (χ3v) is 4.85. The Labute approximate surface area is 171 Å². The number of hydrogen-bond donors (Lipinski definition) is 0. The molecule has 0 aromatic heterocycles. The van der Waals surface area contributed by atoms with E-state index >= 15 is 0 Å². The molecule has 4 heteroatoms. The molecule has 158 valence electrons. The SMILES string of the molecule is CCCCCCCC(=O)Oc1cccc(CC)c1OC(=O)CCCCCCC. The quantitative estimate of drug-likeness (QED) is 0.188. The van der Waals surface area contributed by atoms with Gasteiger partial charge in [-0.1, -0.05) is 84.3 Å². The van der Waals surface area contributed by atoms with Crippen LogP contribution in [-0.4, -0.2) is 11.9 Å². The van der Waals surface area contributed by atoms with Crippen LogP contribution in [0.3, 0.4) is 0 Å². The average molecular weight is 391 g/mol. The van der Waals surface area contributed by atoms with Crippen molar-refractivity contribution in [2.24, 2.45) is 0 Å². The average Bonchev–Trinajstić information content (AvgIpc) is 2.69. The van der Waals surface area contributed by atoms with Crippen LogP contribution < -0.4 is 9.47 Å². The van der Waals surface area contributed by atoms with E-state index in [4.69, 9.17) is 9.47 Å². The van der Waals surface area contributed by atoms with Crippen molar-refractivity contribution in [1.82, 2.24) is 0 Å². The molecule has 1 rings (SSSR count). The Morgan fingerprint density at radius 3 is 1.79 bits per heavy atom. The van der Waals surface area contributed by atoms with Gasteiger partial charge >= 0.3 is 11.9 Å². The summed E-state index contributed by atoms with van der Waals surface area (Å²) in [4.78, 5) is 24.5. The van der Waals surface area contributed by atoms with Crippen LogP contribution in [0.2, 0.25) is 0 Å². The summed E-state index contributed by atoms with van der Waals surface area (Å²) < 4.78 is 11.2. The molecule has 0 aliphatic heterocycles. The summed E-state index contributed by atoms with van der Waals surface area (Å²) >= 11 is 0. The number of benzene rings is 1. The predicted octanol–water partition coefficient (Wildman–Crippen LogP) is 6.78. The molecule has 0 aliphatic rings. The fourth-order valence-corrected chi connectivity index (χ4v) is 3.12. The maximum Gasteiger partial charge on any atom is 0.311 e. The van der Waals surface area contributed by atoms with Crippen molar-refractivity contribution in [3.63, 3.8) is 0 Å². The molecule has 0 aliphatic carbocycles. The Hall–Kier alpha value is -1.84. The first-order valence-electron chi connectivity index (χ1n) is 11.2. The number of rotatable bonds is 15. The molecule has 0 atom stereocenters. The van der Waals surface area contributed by atoms with Crippen LogP contribution in [0.1, 0.15) is 103 Å². The van der Waals surface area contributed by atoms with Gasteiger partial charge < -0.3 is 9.47 Å². The van der Waals surface area contributed by atoms with E-state index in [2.05, 4.69) is 13.8 Å². The van der Waals surface area contributed by atoms with Crippen molar-refractivity contribution >= 4 is 11.9 Å². The lowest BCUT2D eigenvalue weighted by Crippen LogP contribution is -2.13. The summed E-state index contributed by atoms with van der Waals surface area (Å²) in [6, 6.07) is 5.45. The fraction of sp³-hybridized carbons (Fsp3) is 0.667. The highest BCUT2D eigenvalue weighted by atomic mass is 16.6. The minimum atomic E-state index is -0.262. The molecule has 0 bridgehead atoms. The lowest BCUT2D eigenvalue weighted by Gasteiger charge is -2.14. The maximum atomic E-state index is 12.3. The van der Waals surface area contributed by atoms with Crippen LogP contribution in [0, 0.1) is 0 Å². The van der Waals surface area contributed by atoms with E-state index in [9.17, 15) is 9.59 Å². The maximum absolute atomic E-state index is 12.3. The zero-order chi connectivity index (χ0) is 20.6. The lowest BCUT2D eigenvalue weighted by atomic mass is 10.1. The van der Waals surface area contributed by atoms with E-state index in [1.54, 1.807) is 6.07 Å². The van der Waals surface area contributed by atoms with Gasteiger partial charge in [0.25, 0.3) is 0 Å². The second-order valence-corrected chi connectivity index (χ2v) is 7.37. The summed E-state index contributed by atoms with van der Waals surface area (Å²) in [7, 11) is 0. The van der Waals surface area contributed by atoms with Crippen LogP contribution in [0.4, 0.5) is 0 Å². The molecule has 0 spiro atoms. The van der Waals surface area contributed by atoms with Gasteiger partial charge in [0.1, 0.15) is 0 Å². The van der Waals surface area contributed by atoms with Gasteiger partial charge in [0.2, 0.25) is 0 Å². The third-order valence-electron chi connectivity index (χ3n) is 4.85. The van der Waals surface area contributed by atoms with Gasteiger partial charge in [0.05, 0.1) is 0 Å². The number of carbonyl (C=O) groups excluding carboxylic acids is 2. The number of ether oxygens (including phenoxy) is 2. The topological polar surface area (TPSA) is 52.6 Å². The van der Waals surface area contributed by atoms with Crippen LogP contribution in [0.25, 0.3) is 0 Å². The Morgan fingerprint density at radius 1 is 0.714 bits per heavy atom. The lowest BCUT2D eigenvalue weighted by molar-refractivity contribution is -0.137. The second kappa shape index (κ2) is 15.1. The molecule has 28 heavy (non-hydrogen) atoms. The third kappa shape index (κ3) is 9.91. The van der Waals surface area contributed by atoms with Crippen LogP contribution in [0.15, 0.2) is 18.2 Å². The van der Waals surface area contributed by atoms with E-state index in [1.165, 1.54) is 25.7 Å². The highest BCUT2D eigenvalue weighted by Gasteiger charge is 2.17. The van der Waals surface area contributed by atoms with Crippen molar-refractivity contribution in [2.75, 3.05) is 0 Å². The van der Waals surface area contributed by atoms with Crippen molar-refractivity contribution in [3.8, 4) is 11.5 Å². The summed E-state index contributed by atoms with van der Waals surface area (Å²) in [5.41, 5.74) is 0.882. The van der Waals surface area contributed by atoms with Gasteiger partial charge in [-0.3, -0.25) is 9.59 Å². The minimum Gasteiger partial charge on any atom is -0.423 e. The molecule has 4 nitrogen and oxygen atoms in total. The number of unbranched alkanes of at least 4 members (excludes halogenated alkanes) is 8. The van der Waals surface area contributed by atoms with Crippen molar-refractivity contribution in [2.45, 2.75) is 104 Å². The van der Waals surface area contributed by atoms with Gasteiger partial charge in [0.15, 0.2) is 11.5 Å². The predicted molar refractivity (Wildman–Crippen MR) is 114 cm³/mol. The molecule has 0 unspecified atom stereocenters. The molecule has 0 N–H and O–H groups in total. The Bertz CT molecular complexity index is 580. The molecule has 0 amide bonds. The summed E-state index contributed by atoms with van der Waals surface area (Å²) in [6.07, 6.45) is 12.3. The van der Waals surface area contributed by atoms with Gasteiger partial charge in [-0.15, -0.1) is 0 Å². The molecule has 0 heterocycles. The number of para-hydroxylation sites is 1. The summed E-state index contributed by atoms with van der Waals surface area (Å²) in [5.74, 6) is 0.246. The molecule has 1 aromatic carbocycles. The van der Waals surface area contributed by atoms with Crippen LogP contribution in [0.5, 0.6) is 11.5 Å². The van der Waals surface area contributed by atoms with E-state index in [0.717, 1.165) is 44.1 Å². The minimum absolute atomic E-state index is 0.255.